The molecule has 0 unspecified atom stereocenters. The van der Waals surface area contributed by atoms with Gasteiger partial charge in [-0.15, -0.1) is 12.6 Å². The number of nitrogens with one attached hydrogen (secondary N) is 1. The van der Waals surface area contributed by atoms with Crippen molar-refractivity contribution < 1.29 is 29.6 Å². The predicted octanol–water partition coefficient (Wildman–Crippen LogP) is -1.03. The Morgan fingerprint density at radius 1 is 1.70 bits per heavy atom. The van der Waals surface area contributed by atoms with Gasteiger partial charge in [0, 0.05) is 0 Å². The molecule has 0 aromatic carbocycles. The van der Waals surface area contributed by atoms with Crippen LogP contribution in [0.3, 0.4) is 0 Å². The summed E-state index contributed by atoms with van der Waals surface area (Å²) in [6.45, 7) is 0. The van der Waals surface area contributed by atoms with Gasteiger partial charge in [-0.2, -0.15) is 5.26 Å². The zero-order valence-corrected chi connectivity index (χ0v) is 9.74. The van der Waals surface area contributed by atoms with Gasteiger partial charge in [-0.25, -0.2) is 0 Å². The maximum absolute atomic E-state index is 8.41. The maximum Gasteiger partial charge on any atom is 1.00 e. The first-order valence-corrected chi connectivity index (χ1v) is 3.73. The molecule has 2 nitrogen and oxygen atoms in total. The molecule has 0 amide bonds. The third-order valence-electron chi connectivity index (χ3n) is 0.793. The predicted molar refractivity (Wildman–Crippen MR) is 41.5 cm³/mol. The van der Waals surface area contributed by atoms with E-state index in [9.17, 15) is 0 Å². The summed E-state index contributed by atoms with van der Waals surface area (Å²) in [5.74, 6) is 0. The summed E-state index contributed by atoms with van der Waals surface area (Å²) in [7, 11) is 0. The Bertz CT molecular complexity index is 307. The zero-order valence-electron chi connectivity index (χ0n) is 5.21. The Kier molecular flexibility index (Phi) is 4.86. The van der Waals surface area contributed by atoms with Gasteiger partial charge in [-0.1, -0.05) is 23.8 Å². The number of rotatable bonds is 0. The molecule has 0 saturated carbocycles. The van der Waals surface area contributed by atoms with Gasteiger partial charge >= 0.3 is 29.6 Å². The third kappa shape index (κ3) is 2.09. The van der Waals surface area contributed by atoms with Crippen molar-refractivity contribution >= 4 is 36.4 Å². The van der Waals surface area contributed by atoms with Gasteiger partial charge in [-0.3, -0.25) is 4.37 Å². The maximum atomic E-state index is 8.41. The molecular formula is C4H2N2NaS3+. The van der Waals surface area contributed by atoms with Crippen molar-refractivity contribution in [2.45, 2.75) is 4.21 Å². The molecule has 1 rings (SSSR count). The van der Waals surface area contributed by atoms with Gasteiger partial charge < -0.3 is 0 Å². The summed E-state index contributed by atoms with van der Waals surface area (Å²) in [6, 6.07) is 1.94. The molecule has 0 aliphatic heterocycles. The average molecular weight is 197 g/mol. The number of aromatic nitrogens is 1. The van der Waals surface area contributed by atoms with Crippen LogP contribution in [0.4, 0.5) is 0 Å². The quantitative estimate of drug-likeness (QED) is 0.317. The van der Waals surface area contributed by atoms with Crippen LogP contribution in [0.1, 0.15) is 5.56 Å². The molecule has 0 bridgehead atoms. The largest absolute Gasteiger partial charge is 1.00 e. The molecule has 10 heavy (non-hydrogen) atoms. The summed E-state index contributed by atoms with van der Waals surface area (Å²) in [5, 5.41) is 8.41. The van der Waals surface area contributed by atoms with E-state index in [1.165, 1.54) is 11.5 Å². The van der Waals surface area contributed by atoms with E-state index in [0.717, 1.165) is 0 Å². The first-order valence-electron chi connectivity index (χ1n) is 2.06. The SMILES string of the molecule is N#Cc1c(S)s[nH]c1=S.[Na+]. The third-order valence-corrected chi connectivity index (χ3v) is 2.43. The van der Waals surface area contributed by atoms with Crippen LogP contribution in [0.25, 0.3) is 0 Å². The number of aromatic amines is 1. The summed E-state index contributed by atoms with van der Waals surface area (Å²) in [6.07, 6.45) is 0. The first kappa shape index (κ1) is 10.7. The van der Waals surface area contributed by atoms with Crippen molar-refractivity contribution in [3.05, 3.63) is 10.2 Å². The molecule has 0 atom stereocenters. The van der Waals surface area contributed by atoms with E-state index < -0.39 is 0 Å². The Morgan fingerprint density at radius 3 is 2.50 bits per heavy atom. The van der Waals surface area contributed by atoms with Gasteiger partial charge in [0.05, 0.1) is 4.21 Å². The number of thiol groups is 1. The molecule has 0 fully saturated rings. The minimum absolute atomic E-state index is 0. The van der Waals surface area contributed by atoms with Crippen LogP contribution < -0.4 is 29.6 Å². The van der Waals surface area contributed by atoms with E-state index in [-0.39, 0.29) is 29.6 Å². The smallest absolute Gasteiger partial charge is 0.300 e. The molecule has 46 valence electrons. The van der Waals surface area contributed by atoms with Crippen molar-refractivity contribution in [1.29, 1.82) is 5.26 Å². The molecule has 0 saturated heterocycles. The Hall–Kier alpha value is 0.690. The second-order valence-electron chi connectivity index (χ2n) is 1.33. The monoisotopic (exact) mass is 197 g/mol. The fourth-order valence-electron chi connectivity index (χ4n) is 0.392. The normalized spacial score (nSPS) is 8.00. The number of nitrogens with zero attached hydrogens (tertiary/aromatic N) is 1. The number of nitriles is 1. The number of hydrogen-bond acceptors (Lipinski definition) is 4. The van der Waals surface area contributed by atoms with Crippen molar-refractivity contribution in [2.24, 2.45) is 0 Å². The van der Waals surface area contributed by atoms with Crippen LogP contribution in [0, 0.1) is 16.0 Å². The summed E-state index contributed by atoms with van der Waals surface area (Å²) in [5.41, 5.74) is 0.471. The fourth-order valence-corrected chi connectivity index (χ4v) is 1.65. The molecule has 1 heterocycles. The number of H-pyrrole nitrogens is 1. The van der Waals surface area contributed by atoms with E-state index in [1.807, 2.05) is 6.07 Å². The summed E-state index contributed by atoms with van der Waals surface area (Å²) < 4.78 is 3.88. The van der Waals surface area contributed by atoms with E-state index in [1.54, 1.807) is 0 Å². The van der Waals surface area contributed by atoms with Gasteiger partial charge in [-0.05, 0) is 0 Å². The van der Waals surface area contributed by atoms with Crippen LogP contribution in [-0.4, -0.2) is 4.37 Å². The fraction of sp³-hybridized carbons (Fsp3) is 0. The Labute approximate surface area is 95.1 Å². The van der Waals surface area contributed by atoms with Crippen LogP contribution in [0.15, 0.2) is 4.21 Å². The number of hydrogen-bond donors (Lipinski definition) is 2. The Balaban J connectivity index is 0.000000810. The van der Waals surface area contributed by atoms with Gasteiger partial charge in [0.2, 0.25) is 0 Å². The van der Waals surface area contributed by atoms with Gasteiger partial charge in [0.25, 0.3) is 0 Å². The van der Waals surface area contributed by atoms with E-state index in [0.29, 0.717) is 14.4 Å². The van der Waals surface area contributed by atoms with Crippen LogP contribution in [0.5, 0.6) is 0 Å². The molecule has 0 aliphatic carbocycles. The molecule has 0 radical (unpaired) electrons. The summed E-state index contributed by atoms with van der Waals surface area (Å²) >= 11 is 10.0. The molecule has 1 N–H and O–H groups in total. The topological polar surface area (TPSA) is 39.6 Å². The molecule has 0 spiro atoms. The van der Waals surface area contributed by atoms with Gasteiger partial charge in [0.15, 0.2) is 0 Å². The summed E-state index contributed by atoms with van der Waals surface area (Å²) in [4.78, 5) is 0. The van der Waals surface area contributed by atoms with Crippen molar-refractivity contribution in [3.8, 4) is 6.07 Å². The molecule has 0 aliphatic rings. The van der Waals surface area contributed by atoms with E-state index in [4.69, 9.17) is 17.5 Å². The van der Waals surface area contributed by atoms with Crippen LogP contribution in [0.2, 0.25) is 0 Å². The molecule has 6 heteroatoms. The van der Waals surface area contributed by atoms with Crippen molar-refractivity contribution in [3.63, 3.8) is 0 Å². The average Bonchev–Trinajstić information content (AvgIpc) is 2.12. The van der Waals surface area contributed by atoms with Gasteiger partial charge in [0.1, 0.15) is 16.3 Å². The molecule has 1 aromatic heterocycles. The second-order valence-corrected chi connectivity index (χ2v) is 3.30. The van der Waals surface area contributed by atoms with E-state index in [2.05, 4.69) is 17.0 Å². The van der Waals surface area contributed by atoms with Crippen molar-refractivity contribution in [1.82, 2.24) is 4.37 Å². The minimum atomic E-state index is 0. The van der Waals surface area contributed by atoms with E-state index >= 15 is 0 Å². The standard InChI is InChI=1S/C4H2N2S3.Na/c5-1-2-3(7)6-9-4(2)8;/h8H,(H,6,7);/q;+1. The molecular weight excluding hydrogens is 195 g/mol. The minimum Gasteiger partial charge on any atom is -0.300 e. The molecule has 1 aromatic rings. The second kappa shape index (κ2) is 4.54. The van der Waals surface area contributed by atoms with Crippen molar-refractivity contribution in [2.75, 3.05) is 0 Å². The zero-order chi connectivity index (χ0) is 6.85. The van der Waals surface area contributed by atoms with Crippen LogP contribution in [-0.2, 0) is 0 Å². The Morgan fingerprint density at radius 2 is 2.30 bits per heavy atom. The first-order chi connectivity index (χ1) is 4.25. The van der Waals surface area contributed by atoms with Crippen LogP contribution >= 0.6 is 36.4 Å².